The Kier molecular flexibility index (Phi) is 3.60. The van der Waals surface area contributed by atoms with Crippen LogP contribution >= 0.6 is 0 Å². The van der Waals surface area contributed by atoms with Gasteiger partial charge in [-0.2, -0.15) is 9.97 Å². The quantitative estimate of drug-likeness (QED) is 0.744. The molecule has 1 aromatic heterocycles. The average molecular weight is 238 g/mol. The van der Waals surface area contributed by atoms with E-state index in [1.165, 1.54) is 0 Å². The van der Waals surface area contributed by atoms with Gasteiger partial charge in [0, 0.05) is 32.2 Å². The molecule has 0 atom stereocenters. The molecule has 94 valence electrons. The molecule has 2 rings (SSSR count). The number of nitrogens with two attached hydrogens (primary N) is 1. The normalized spacial score (nSPS) is 18.0. The summed E-state index contributed by atoms with van der Waals surface area (Å²) in [6.45, 7) is 3.96. The highest BCUT2D eigenvalue weighted by Gasteiger charge is 2.14. The smallest absolute Gasteiger partial charge is 0.225 e. The molecule has 3 N–H and O–H groups in total. The summed E-state index contributed by atoms with van der Waals surface area (Å²) in [7, 11) is 3.67. The van der Waals surface area contributed by atoms with Crippen molar-refractivity contribution in [2.75, 3.05) is 51.5 Å². The number of methoxy groups -OCH3 is 1. The molecule has 1 fully saturated rings. The highest BCUT2D eigenvalue weighted by Crippen LogP contribution is 2.15. The maximum atomic E-state index is 5.59. The number of anilines is 2. The maximum absolute atomic E-state index is 5.59. The molecule has 0 amide bonds. The zero-order valence-electron chi connectivity index (χ0n) is 10.2. The number of nitrogen functional groups attached to an aromatic ring is 1. The van der Waals surface area contributed by atoms with Crippen molar-refractivity contribution in [3.05, 3.63) is 6.07 Å². The van der Waals surface area contributed by atoms with E-state index in [9.17, 15) is 0 Å². The van der Waals surface area contributed by atoms with Gasteiger partial charge in [-0.1, -0.05) is 0 Å². The summed E-state index contributed by atoms with van der Waals surface area (Å²) < 4.78 is 5.04. The first kappa shape index (κ1) is 11.9. The first-order valence-electron chi connectivity index (χ1n) is 5.56. The van der Waals surface area contributed by atoms with Crippen LogP contribution in [-0.2, 0) is 0 Å². The van der Waals surface area contributed by atoms with Crippen LogP contribution in [-0.4, -0.2) is 60.2 Å². The number of nitrogens with one attached hydrogen (secondary N) is 1. The lowest BCUT2D eigenvalue weighted by molar-refractivity contribution is 0.178. The van der Waals surface area contributed by atoms with Gasteiger partial charge in [-0.25, -0.2) is 5.01 Å². The summed E-state index contributed by atoms with van der Waals surface area (Å²) in [6.07, 6.45) is 0. The van der Waals surface area contributed by atoms with Gasteiger partial charge in [0.2, 0.25) is 11.8 Å². The van der Waals surface area contributed by atoms with E-state index in [-0.39, 0.29) is 5.95 Å². The van der Waals surface area contributed by atoms with Crippen molar-refractivity contribution in [2.45, 2.75) is 0 Å². The lowest BCUT2D eigenvalue weighted by Gasteiger charge is -2.32. The van der Waals surface area contributed by atoms with Crippen LogP contribution in [0.5, 0.6) is 5.88 Å². The van der Waals surface area contributed by atoms with Gasteiger partial charge in [0.15, 0.2) is 0 Å². The van der Waals surface area contributed by atoms with Crippen LogP contribution in [0.1, 0.15) is 0 Å². The fourth-order valence-corrected chi connectivity index (χ4v) is 1.68. The molecule has 7 nitrogen and oxygen atoms in total. The third kappa shape index (κ3) is 3.18. The van der Waals surface area contributed by atoms with Gasteiger partial charge >= 0.3 is 0 Å². The fourth-order valence-electron chi connectivity index (χ4n) is 1.68. The van der Waals surface area contributed by atoms with E-state index in [4.69, 9.17) is 10.5 Å². The van der Waals surface area contributed by atoms with E-state index in [1.54, 1.807) is 13.2 Å². The second-order valence-corrected chi connectivity index (χ2v) is 4.06. The topological polar surface area (TPSA) is 79.5 Å². The highest BCUT2D eigenvalue weighted by atomic mass is 16.5. The standard InChI is InChI=1S/C10H18N6O/c1-15-3-5-16(6-4-15)14-8-7-9(17-2)13-10(11)12-8/h7H,3-6H2,1-2H3,(H3,11,12,13,14). The zero-order valence-corrected chi connectivity index (χ0v) is 10.2. The molecule has 0 unspecified atom stereocenters. The molecule has 1 saturated heterocycles. The van der Waals surface area contributed by atoms with Crippen molar-refractivity contribution in [3.63, 3.8) is 0 Å². The second kappa shape index (κ2) is 5.15. The van der Waals surface area contributed by atoms with Crippen LogP contribution in [0.25, 0.3) is 0 Å². The molecule has 0 saturated carbocycles. The van der Waals surface area contributed by atoms with Crippen molar-refractivity contribution in [2.24, 2.45) is 0 Å². The molecule has 0 aliphatic carbocycles. The average Bonchev–Trinajstić information content (AvgIpc) is 2.31. The number of hydrogen-bond acceptors (Lipinski definition) is 7. The monoisotopic (exact) mass is 238 g/mol. The van der Waals surface area contributed by atoms with Gasteiger partial charge in [-0.05, 0) is 7.05 Å². The van der Waals surface area contributed by atoms with Gasteiger partial charge in [0.05, 0.1) is 7.11 Å². The maximum Gasteiger partial charge on any atom is 0.225 e. The van der Waals surface area contributed by atoms with E-state index >= 15 is 0 Å². The van der Waals surface area contributed by atoms with Crippen LogP contribution in [0.15, 0.2) is 6.07 Å². The van der Waals surface area contributed by atoms with Crippen molar-refractivity contribution in [1.82, 2.24) is 19.9 Å². The van der Waals surface area contributed by atoms with Gasteiger partial charge in [0.25, 0.3) is 0 Å². The summed E-state index contributed by atoms with van der Waals surface area (Å²) >= 11 is 0. The van der Waals surface area contributed by atoms with E-state index < -0.39 is 0 Å². The SMILES string of the molecule is COc1cc(NN2CCN(C)CC2)nc(N)n1. The number of aromatic nitrogens is 2. The number of rotatable bonds is 3. The summed E-state index contributed by atoms with van der Waals surface area (Å²) in [4.78, 5) is 10.3. The number of hydrogen-bond donors (Lipinski definition) is 2. The third-order valence-corrected chi connectivity index (χ3v) is 2.71. The number of nitrogens with zero attached hydrogens (tertiary/aromatic N) is 4. The van der Waals surface area contributed by atoms with Crippen LogP contribution in [0.4, 0.5) is 11.8 Å². The van der Waals surface area contributed by atoms with Crippen molar-refractivity contribution >= 4 is 11.8 Å². The van der Waals surface area contributed by atoms with Gasteiger partial charge in [0.1, 0.15) is 5.82 Å². The highest BCUT2D eigenvalue weighted by molar-refractivity contribution is 5.42. The zero-order chi connectivity index (χ0) is 12.3. The molecule has 17 heavy (non-hydrogen) atoms. The minimum absolute atomic E-state index is 0.209. The molecule has 0 bridgehead atoms. The molecule has 1 aliphatic rings. The molecular formula is C10H18N6O. The molecule has 1 aliphatic heterocycles. The second-order valence-electron chi connectivity index (χ2n) is 4.06. The molecule has 1 aromatic rings. The predicted molar refractivity (Wildman–Crippen MR) is 65.7 cm³/mol. The summed E-state index contributed by atoms with van der Waals surface area (Å²) in [5.74, 6) is 1.34. The lowest BCUT2D eigenvalue weighted by atomic mass is 10.4. The van der Waals surface area contributed by atoms with Crippen molar-refractivity contribution < 1.29 is 4.74 Å². The van der Waals surface area contributed by atoms with E-state index in [0.29, 0.717) is 11.7 Å². The molecule has 0 spiro atoms. The number of piperazine rings is 1. The van der Waals surface area contributed by atoms with Gasteiger partial charge in [-0.3, -0.25) is 0 Å². The van der Waals surface area contributed by atoms with Crippen LogP contribution in [0, 0.1) is 0 Å². The predicted octanol–water partition coefficient (Wildman–Crippen LogP) is -0.358. The Bertz CT molecular complexity index is 377. The Morgan fingerprint density at radius 3 is 2.65 bits per heavy atom. The third-order valence-electron chi connectivity index (χ3n) is 2.71. The fraction of sp³-hybridized carbons (Fsp3) is 0.600. The van der Waals surface area contributed by atoms with Crippen LogP contribution in [0.2, 0.25) is 0 Å². The Balaban J connectivity index is 2.00. The Morgan fingerprint density at radius 1 is 1.29 bits per heavy atom. The summed E-state index contributed by atoms with van der Waals surface area (Å²) in [5.41, 5.74) is 8.81. The first-order valence-corrected chi connectivity index (χ1v) is 5.56. The number of likely N-dealkylation sites (N-methyl/N-ethyl adjacent to an activating group) is 1. The van der Waals surface area contributed by atoms with Crippen LogP contribution in [0.3, 0.4) is 0 Å². The van der Waals surface area contributed by atoms with E-state index in [0.717, 1.165) is 26.2 Å². The number of ether oxygens (including phenoxy) is 1. The van der Waals surface area contributed by atoms with E-state index in [2.05, 4.69) is 32.4 Å². The van der Waals surface area contributed by atoms with E-state index in [1.807, 2.05) is 0 Å². The Labute approximate surface area is 101 Å². The molecule has 0 aromatic carbocycles. The van der Waals surface area contributed by atoms with Crippen molar-refractivity contribution in [1.29, 1.82) is 0 Å². The van der Waals surface area contributed by atoms with Crippen LogP contribution < -0.4 is 15.9 Å². The van der Waals surface area contributed by atoms with Gasteiger partial charge in [-0.15, -0.1) is 0 Å². The Morgan fingerprint density at radius 2 is 2.00 bits per heavy atom. The van der Waals surface area contributed by atoms with Gasteiger partial charge < -0.3 is 20.8 Å². The molecule has 2 heterocycles. The van der Waals surface area contributed by atoms with Crippen molar-refractivity contribution in [3.8, 4) is 5.88 Å². The Hall–Kier alpha value is -1.60. The summed E-state index contributed by atoms with van der Waals surface area (Å²) in [5, 5.41) is 2.11. The largest absolute Gasteiger partial charge is 0.481 e. The minimum Gasteiger partial charge on any atom is -0.481 e. The first-order chi connectivity index (χ1) is 8.17. The minimum atomic E-state index is 0.209. The summed E-state index contributed by atoms with van der Waals surface area (Å²) in [6, 6.07) is 1.73. The molecular weight excluding hydrogens is 220 g/mol. The lowest BCUT2D eigenvalue weighted by Crippen LogP contribution is -2.47. The molecule has 7 heteroatoms. The number of hydrazine groups is 1. The molecule has 0 radical (unpaired) electrons.